The Bertz CT molecular complexity index is 1000. The van der Waals surface area contributed by atoms with Crippen LogP contribution in [0.1, 0.15) is 43.4 Å². The van der Waals surface area contributed by atoms with Crippen LogP contribution in [0.5, 0.6) is 17.2 Å². The topological polar surface area (TPSA) is 71.4 Å². The van der Waals surface area contributed by atoms with Gasteiger partial charge >= 0.3 is 0 Å². The summed E-state index contributed by atoms with van der Waals surface area (Å²) < 4.78 is 30.4. The van der Waals surface area contributed by atoms with Crippen molar-refractivity contribution in [1.82, 2.24) is 4.90 Å². The Morgan fingerprint density at radius 2 is 1.91 bits per heavy atom. The number of benzene rings is 2. The summed E-state index contributed by atoms with van der Waals surface area (Å²) in [5.74, 6) is 1.60. The Kier molecular flexibility index (Phi) is 9.05. The molecule has 35 heavy (non-hydrogen) atoms. The quantitative estimate of drug-likeness (QED) is 0.411. The monoisotopic (exact) mass is 549 g/mol. The summed E-state index contributed by atoms with van der Waals surface area (Å²) >= 11 is 3.53. The van der Waals surface area contributed by atoms with Gasteiger partial charge in [-0.2, -0.15) is 0 Å². The summed E-state index contributed by atoms with van der Waals surface area (Å²) in [5.41, 5.74) is 1.97. The van der Waals surface area contributed by atoms with Crippen LogP contribution >= 0.6 is 15.9 Å². The van der Waals surface area contributed by atoms with Gasteiger partial charge in [0.15, 0.2) is 6.29 Å². The predicted molar refractivity (Wildman–Crippen MR) is 137 cm³/mol. The lowest BCUT2D eigenvalue weighted by Crippen LogP contribution is -2.49. The van der Waals surface area contributed by atoms with Crippen LogP contribution in [-0.2, 0) is 4.74 Å². The summed E-state index contributed by atoms with van der Waals surface area (Å²) in [6.07, 6.45) is 1.76. The number of halogens is 2. The van der Waals surface area contributed by atoms with E-state index in [-0.39, 0.29) is 24.6 Å². The van der Waals surface area contributed by atoms with Crippen LogP contribution in [0.4, 0.5) is 4.39 Å². The molecule has 2 unspecified atom stereocenters. The van der Waals surface area contributed by atoms with Gasteiger partial charge in [-0.3, -0.25) is 9.29 Å². The first-order chi connectivity index (χ1) is 16.9. The molecule has 2 atom stereocenters. The molecule has 0 radical (unpaired) electrons. The standard InChI is InChI=1S/C27H33BrFNO5/c1-18(23-14-22(9-10-24(23)31)35-25-4-2-3-12-34-25)26(28)27(32)20-5-7-21(8-6-20)33-13-11-30-16-19(15-29)17-30/h5-10,14,19,25,27,31-32H,2-4,11-13,15-17H2,1H3/b26-18+. The Morgan fingerprint density at radius 3 is 2.60 bits per heavy atom. The van der Waals surface area contributed by atoms with Gasteiger partial charge in [-0.15, -0.1) is 0 Å². The second-order valence-corrected chi connectivity index (χ2v) is 10.0. The van der Waals surface area contributed by atoms with Crippen molar-refractivity contribution in [2.75, 3.05) is 39.5 Å². The molecule has 6 nitrogen and oxygen atoms in total. The summed E-state index contributed by atoms with van der Waals surface area (Å²) in [6.45, 7) is 5.17. The van der Waals surface area contributed by atoms with Crippen molar-refractivity contribution in [1.29, 1.82) is 0 Å². The summed E-state index contributed by atoms with van der Waals surface area (Å²) in [6, 6.07) is 12.4. The van der Waals surface area contributed by atoms with Gasteiger partial charge in [0, 0.05) is 42.0 Å². The van der Waals surface area contributed by atoms with Crippen molar-refractivity contribution in [2.45, 2.75) is 38.6 Å². The van der Waals surface area contributed by atoms with Crippen LogP contribution in [0.25, 0.3) is 5.57 Å². The van der Waals surface area contributed by atoms with Gasteiger partial charge in [0.2, 0.25) is 0 Å². The molecule has 2 N–H and O–H groups in total. The molecule has 0 aliphatic carbocycles. The van der Waals surface area contributed by atoms with Gasteiger partial charge < -0.3 is 24.4 Å². The molecule has 2 aliphatic heterocycles. The van der Waals surface area contributed by atoms with Crippen LogP contribution in [0, 0.1) is 5.92 Å². The molecular formula is C27H33BrFNO5. The molecule has 2 heterocycles. The largest absolute Gasteiger partial charge is 0.507 e. The molecule has 0 amide bonds. The van der Waals surface area contributed by atoms with E-state index in [0.717, 1.165) is 38.9 Å². The Morgan fingerprint density at radius 1 is 1.17 bits per heavy atom. The van der Waals surface area contributed by atoms with E-state index in [1.165, 1.54) is 0 Å². The molecule has 0 aromatic heterocycles. The molecule has 2 aromatic rings. The lowest BCUT2D eigenvalue weighted by molar-refractivity contribution is -0.105. The smallest absolute Gasteiger partial charge is 0.199 e. The number of aliphatic hydroxyl groups is 1. The number of phenols is 1. The fraction of sp³-hybridized carbons (Fsp3) is 0.481. The number of likely N-dealkylation sites (tertiary alicyclic amines) is 1. The SMILES string of the molecule is C/C(=C(\Br)C(O)c1ccc(OCCN2CC(CF)C2)cc1)c1cc(OC2CCCCO2)ccc1O. The van der Waals surface area contributed by atoms with Gasteiger partial charge in [0.1, 0.15) is 30.0 Å². The number of aliphatic hydroxyl groups excluding tert-OH is 1. The number of phenolic OH excluding ortho intramolecular Hbond substituents is 1. The first-order valence-corrected chi connectivity index (χ1v) is 12.9. The molecule has 4 rings (SSSR count). The highest BCUT2D eigenvalue weighted by molar-refractivity contribution is 9.11. The first kappa shape index (κ1) is 25.9. The molecule has 2 fully saturated rings. The maximum absolute atomic E-state index is 12.5. The average Bonchev–Trinajstić information content (AvgIpc) is 2.86. The molecule has 0 spiro atoms. The molecule has 2 aliphatic rings. The van der Waals surface area contributed by atoms with Gasteiger partial charge in [0.05, 0.1) is 13.3 Å². The highest BCUT2D eigenvalue weighted by Gasteiger charge is 2.26. The maximum Gasteiger partial charge on any atom is 0.199 e. The van der Waals surface area contributed by atoms with E-state index in [1.807, 2.05) is 31.2 Å². The Hall–Kier alpha value is -2.13. The molecule has 2 saturated heterocycles. The molecular weight excluding hydrogens is 517 g/mol. The number of hydrogen-bond donors (Lipinski definition) is 2. The first-order valence-electron chi connectivity index (χ1n) is 12.1. The van der Waals surface area contributed by atoms with Crippen molar-refractivity contribution in [3.05, 3.63) is 58.1 Å². The fourth-order valence-corrected chi connectivity index (χ4v) is 4.80. The minimum absolute atomic E-state index is 0.104. The molecule has 2 aromatic carbocycles. The molecule has 8 heteroatoms. The van der Waals surface area contributed by atoms with Crippen LogP contribution in [0.3, 0.4) is 0 Å². The van der Waals surface area contributed by atoms with Gasteiger partial charge in [-0.25, -0.2) is 0 Å². The summed E-state index contributed by atoms with van der Waals surface area (Å²) in [5, 5.41) is 21.4. The van der Waals surface area contributed by atoms with Crippen molar-refractivity contribution in [3.8, 4) is 17.2 Å². The minimum atomic E-state index is -0.909. The lowest BCUT2D eigenvalue weighted by atomic mass is 10.0. The number of allylic oxidation sites excluding steroid dienone is 1. The average molecular weight is 550 g/mol. The third kappa shape index (κ3) is 6.76. The molecule has 190 valence electrons. The Labute approximate surface area is 214 Å². The van der Waals surface area contributed by atoms with Crippen molar-refractivity contribution >= 4 is 21.5 Å². The van der Waals surface area contributed by atoms with Crippen LogP contribution in [0.2, 0.25) is 0 Å². The normalized spacial score (nSPS) is 20.6. The van der Waals surface area contributed by atoms with Crippen LogP contribution in [-0.4, -0.2) is 60.9 Å². The summed E-state index contributed by atoms with van der Waals surface area (Å²) in [4.78, 5) is 2.17. The van der Waals surface area contributed by atoms with E-state index in [1.54, 1.807) is 18.2 Å². The van der Waals surface area contributed by atoms with E-state index in [0.29, 0.717) is 45.9 Å². The number of hydrogen-bond acceptors (Lipinski definition) is 6. The van der Waals surface area contributed by atoms with E-state index in [2.05, 4.69) is 20.8 Å². The number of alkyl halides is 1. The number of ether oxygens (including phenoxy) is 3. The fourth-order valence-electron chi connectivity index (χ4n) is 4.32. The minimum Gasteiger partial charge on any atom is -0.507 e. The van der Waals surface area contributed by atoms with Crippen molar-refractivity contribution in [3.63, 3.8) is 0 Å². The summed E-state index contributed by atoms with van der Waals surface area (Å²) in [7, 11) is 0. The zero-order valence-corrected chi connectivity index (χ0v) is 21.5. The van der Waals surface area contributed by atoms with E-state index < -0.39 is 6.10 Å². The molecule has 0 bridgehead atoms. The zero-order chi connectivity index (χ0) is 24.8. The van der Waals surface area contributed by atoms with E-state index in [9.17, 15) is 14.6 Å². The van der Waals surface area contributed by atoms with Gasteiger partial charge in [0.25, 0.3) is 0 Å². The van der Waals surface area contributed by atoms with Crippen LogP contribution < -0.4 is 9.47 Å². The number of rotatable bonds is 10. The van der Waals surface area contributed by atoms with E-state index >= 15 is 0 Å². The third-order valence-electron chi connectivity index (χ3n) is 6.50. The van der Waals surface area contributed by atoms with E-state index in [4.69, 9.17) is 14.2 Å². The lowest BCUT2D eigenvalue weighted by Gasteiger charge is -2.37. The maximum atomic E-state index is 12.5. The number of aromatic hydroxyl groups is 1. The highest BCUT2D eigenvalue weighted by atomic mass is 79.9. The van der Waals surface area contributed by atoms with Crippen LogP contribution in [0.15, 0.2) is 46.9 Å². The Balaban J connectivity index is 1.37. The third-order valence-corrected chi connectivity index (χ3v) is 7.53. The zero-order valence-electron chi connectivity index (χ0n) is 20.0. The van der Waals surface area contributed by atoms with Crippen molar-refractivity contribution in [2.24, 2.45) is 5.92 Å². The second-order valence-electron chi connectivity index (χ2n) is 9.17. The van der Waals surface area contributed by atoms with Crippen molar-refractivity contribution < 1.29 is 28.8 Å². The second kappa shape index (κ2) is 12.2. The van der Waals surface area contributed by atoms with Gasteiger partial charge in [-0.1, -0.05) is 28.1 Å². The molecule has 0 saturated carbocycles. The predicted octanol–water partition coefficient (Wildman–Crippen LogP) is 5.44. The number of nitrogens with zero attached hydrogens (tertiary/aromatic N) is 1. The van der Waals surface area contributed by atoms with Gasteiger partial charge in [-0.05, 0) is 61.2 Å². The highest BCUT2D eigenvalue weighted by Crippen LogP contribution is 2.38.